The van der Waals surface area contributed by atoms with E-state index in [9.17, 15) is 9.59 Å². The van der Waals surface area contributed by atoms with Gasteiger partial charge in [-0.1, -0.05) is 0 Å². The van der Waals surface area contributed by atoms with Crippen molar-refractivity contribution in [1.29, 1.82) is 0 Å². The number of amides is 1. The van der Waals surface area contributed by atoms with Gasteiger partial charge in [0.1, 0.15) is 0 Å². The van der Waals surface area contributed by atoms with Crippen LogP contribution in [0.25, 0.3) is 0 Å². The van der Waals surface area contributed by atoms with Gasteiger partial charge in [0.15, 0.2) is 5.82 Å². The van der Waals surface area contributed by atoms with Crippen molar-refractivity contribution in [1.82, 2.24) is 4.98 Å². The zero-order chi connectivity index (χ0) is 12.4. The highest BCUT2D eigenvalue weighted by Crippen LogP contribution is 2.27. The van der Waals surface area contributed by atoms with Crippen LogP contribution >= 0.6 is 0 Å². The Hall–Kier alpha value is -2.11. The van der Waals surface area contributed by atoms with E-state index in [0.29, 0.717) is 11.5 Å². The highest BCUT2D eigenvalue weighted by molar-refractivity contribution is 6.14. The number of anilines is 2. The van der Waals surface area contributed by atoms with E-state index in [1.807, 2.05) is 0 Å². The molecular formula is C11H13N3O3. The molecule has 6 nitrogen and oxygen atoms in total. The molecule has 1 N–H and O–H groups in total. The van der Waals surface area contributed by atoms with E-state index < -0.39 is 12.0 Å². The summed E-state index contributed by atoms with van der Waals surface area (Å²) in [5.74, 6) is -0.424. The van der Waals surface area contributed by atoms with Gasteiger partial charge in [-0.15, -0.1) is 0 Å². The molecule has 1 amide bonds. The number of hydrogen-bond donors (Lipinski definition) is 1. The summed E-state index contributed by atoms with van der Waals surface area (Å²) in [6.07, 6.45) is 1.59. The number of rotatable bonds is 2. The summed E-state index contributed by atoms with van der Waals surface area (Å²) in [7, 11) is 1.58. The van der Waals surface area contributed by atoms with Gasteiger partial charge in [-0.05, 0) is 19.1 Å². The molecule has 0 saturated heterocycles. The lowest BCUT2D eigenvalue weighted by Crippen LogP contribution is -2.50. The first kappa shape index (κ1) is 11.4. The molecule has 0 radical (unpaired) electrons. The SMILES string of the molecule is CCOC(=O)[C@@H]1Nc2cccnc2N(C)C1=O. The first-order valence-corrected chi connectivity index (χ1v) is 5.31. The summed E-state index contributed by atoms with van der Waals surface area (Å²) < 4.78 is 4.85. The maximum Gasteiger partial charge on any atom is 0.338 e. The van der Waals surface area contributed by atoms with E-state index in [0.717, 1.165) is 0 Å². The number of likely N-dealkylation sites (N-methyl/N-ethyl adjacent to an activating group) is 1. The second-order valence-corrected chi connectivity index (χ2v) is 3.60. The highest BCUT2D eigenvalue weighted by atomic mass is 16.5. The van der Waals surface area contributed by atoms with E-state index in [4.69, 9.17) is 4.74 Å². The van der Waals surface area contributed by atoms with Crippen LogP contribution in [0.3, 0.4) is 0 Å². The lowest BCUT2D eigenvalue weighted by molar-refractivity contribution is -0.146. The highest BCUT2D eigenvalue weighted by Gasteiger charge is 2.36. The van der Waals surface area contributed by atoms with Crippen LogP contribution in [0.4, 0.5) is 11.5 Å². The van der Waals surface area contributed by atoms with Gasteiger partial charge >= 0.3 is 5.97 Å². The van der Waals surface area contributed by atoms with Crippen molar-refractivity contribution in [3.05, 3.63) is 18.3 Å². The van der Waals surface area contributed by atoms with Gasteiger partial charge in [-0.3, -0.25) is 9.69 Å². The predicted octanol–water partition coefficient (Wildman–Crippen LogP) is 0.402. The molecule has 0 fully saturated rings. The number of carbonyl (C=O) groups is 2. The van der Waals surface area contributed by atoms with E-state index in [1.54, 1.807) is 32.3 Å². The summed E-state index contributed by atoms with van der Waals surface area (Å²) in [4.78, 5) is 29.0. The lowest BCUT2D eigenvalue weighted by Gasteiger charge is -2.30. The maximum absolute atomic E-state index is 11.9. The fourth-order valence-electron chi connectivity index (χ4n) is 1.68. The predicted molar refractivity (Wildman–Crippen MR) is 61.7 cm³/mol. The van der Waals surface area contributed by atoms with Gasteiger partial charge in [-0.2, -0.15) is 0 Å². The average molecular weight is 235 g/mol. The number of ether oxygens (including phenoxy) is 1. The Kier molecular flexibility index (Phi) is 2.95. The Balaban J connectivity index is 2.31. The summed E-state index contributed by atoms with van der Waals surface area (Å²) in [5, 5.41) is 2.83. The molecule has 1 aliphatic rings. The average Bonchev–Trinajstić information content (AvgIpc) is 2.34. The summed E-state index contributed by atoms with van der Waals surface area (Å²) >= 11 is 0. The molecule has 6 heteroatoms. The van der Waals surface area contributed by atoms with Crippen LogP contribution in [0.5, 0.6) is 0 Å². The molecule has 17 heavy (non-hydrogen) atoms. The molecule has 1 aliphatic heterocycles. The van der Waals surface area contributed by atoms with Crippen LogP contribution < -0.4 is 10.2 Å². The Morgan fingerprint density at radius 2 is 2.41 bits per heavy atom. The Morgan fingerprint density at radius 3 is 3.12 bits per heavy atom. The Labute approximate surface area is 98.6 Å². The van der Waals surface area contributed by atoms with Crippen molar-refractivity contribution in [2.24, 2.45) is 0 Å². The minimum absolute atomic E-state index is 0.244. The standard InChI is InChI=1S/C11H13N3O3/c1-3-17-11(16)8-10(15)14(2)9-7(13-8)5-4-6-12-9/h4-6,8,13H,3H2,1-2H3/t8-/m1/s1. The molecule has 1 atom stereocenters. The Morgan fingerprint density at radius 1 is 1.65 bits per heavy atom. The summed E-state index contributed by atoms with van der Waals surface area (Å²) in [6.45, 7) is 1.94. The van der Waals surface area contributed by atoms with Crippen LogP contribution in [0.2, 0.25) is 0 Å². The van der Waals surface area contributed by atoms with Gasteiger partial charge in [0.05, 0.1) is 12.3 Å². The van der Waals surface area contributed by atoms with Gasteiger partial charge in [0.2, 0.25) is 6.04 Å². The topological polar surface area (TPSA) is 71.5 Å². The van der Waals surface area contributed by atoms with Crippen LogP contribution in [0.15, 0.2) is 18.3 Å². The third-order valence-electron chi connectivity index (χ3n) is 2.50. The largest absolute Gasteiger partial charge is 0.464 e. The van der Waals surface area contributed by atoms with Crippen LogP contribution in [0.1, 0.15) is 6.92 Å². The zero-order valence-electron chi connectivity index (χ0n) is 9.64. The van der Waals surface area contributed by atoms with Crippen molar-refractivity contribution < 1.29 is 14.3 Å². The number of esters is 1. The maximum atomic E-state index is 11.9. The molecule has 0 unspecified atom stereocenters. The van der Waals surface area contributed by atoms with Gasteiger partial charge in [-0.25, -0.2) is 9.78 Å². The number of aromatic nitrogens is 1. The summed E-state index contributed by atoms with van der Waals surface area (Å²) in [5.41, 5.74) is 0.646. The number of carbonyl (C=O) groups excluding carboxylic acids is 2. The van der Waals surface area contributed by atoms with E-state index >= 15 is 0 Å². The zero-order valence-corrected chi connectivity index (χ0v) is 9.64. The molecule has 2 heterocycles. The molecule has 0 spiro atoms. The minimum atomic E-state index is -0.989. The number of nitrogens with zero attached hydrogens (tertiary/aromatic N) is 2. The van der Waals surface area contributed by atoms with Gasteiger partial charge < -0.3 is 10.1 Å². The fraction of sp³-hybridized carbons (Fsp3) is 0.364. The first-order valence-electron chi connectivity index (χ1n) is 5.31. The molecule has 1 aromatic heterocycles. The van der Waals surface area contributed by atoms with Crippen LogP contribution in [-0.2, 0) is 14.3 Å². The smallest absolute Gasteiger partial charge is 0.338 e. The van der Waals surface area contributed by atoms with E-state index in [2.05, 4.69) is 10.3 Å². The Bertz CT molecular complexity index is 461. The van der Waals surface area contributed by atoms with Crippen molar-refractivity contribution >= 4 is 23.4 Å². The number of fused-ring (bicyclic) bond motifs is 1. The molecule has 0 saturated carbocycles. The number of pyridine rings is 1. The van der Waals surface area contributed by atoms with Crippen molar-refractivity contribution in [3.63, 3.8) is 0 Å². The van der Waals surface area contributed by atoms with Gasteiger partial charge in [0, 0.05) is 13.2 Å². The quantitative estimate of drug-likeness (QED) is 0.593. The van der Waals surface area contributed by atoms with Crippen LogP contribution in [-0.4, -0.2) is 36.6 Å². The van der Waals surface area contributed by atoms with Crippen molar-refractivity contribution in [3.8, 4) is 0 Å². The molecule has 1 aromatic rings. The first-order chi connectivity index (χ1) is 8.15. The molecular weight excluding hydrogens is 222 g/mol. The third-order valence-corrected chi connectivity index (χ3v) is 2.50. The number of nitrogens with one attached hydrogen (secondary N) is 1. The second kappa shape index (κ2) is 4.40. The van der Waals surface area contributed by atoms with Crippen molar-refractivity contribution in [2.75, 3.05) is 23.9 Å². The number of hydrogen-bond acceptors (Lipinski definition) is 5. The minimum Gasteiger partial charge on any atom is -0.464 e. The molecule has 0 aromatic carbocycles. The fourth-order valence-corrected chi connectivity index (χ4v) is 1.68. The molecule has 2 rings (SSSR count). The molecule has 90 valence electrons. The van der Waals surface area contributed by atoms with Crippen LogP contribution in [0, 0.1) is 0 Å². The summed E-state index contributed by atoms with van der Waals surface area (Å²) in [6, 6.07) is 2.51. The van der Waals surface area contributed by atoms with Crippen molar-refractivity contribution in [2.45, 2.75) is 13.0 Å². The third kappa shape index (κ3) is 1.93. The normalized spacial score (nSPS) is 18.4. The second-order valence-electron chi connectivity index (χ2n) is 3.60. The van der Waals surface area contributed by atoms with E-state index in [1.165, 1.54) is 4.90 Å². The van der Waals surface area contributed by atoms with Gasteiger partial charge in [0.25, 0.3) is 5.91 Å². The molecule has 0 aliphatic carbocycles. The molecule has 0 bridgehead atoms. The monoisotopic (exact) mass is 235 g/mol. The lowest BCUT2D eigenvalue weighted by atomic mass is 10.1. The van der Waals surface area contributed by atoms with E-state index in [-0.39, 0.29) is 12.5 Å².